The van der Waals surface area contributed by atoms with Crippen LogP contribution in [-0.2, 0) is 4.79 Å². The smallest absolute Gasteiger partial charge is 0.241 e. The quantitative estimate of drug-likeness (QED) is 0.657. The Labute approximate surface area is 196 Å². The Bertz CT molecular complexity index is 962. The molecule has 2 aliphatic rings. The van der Waals surface area contributed by atoms with Gasteiger partial charge in [0.25, 0.3) is 0 Å². The predicted octanol–water partition coefficient (Wildman–Crippen LogP) is 4.89. The van der Waals surface area contributed by atoms with Gasteiger partial charge >= 0.3 is 0 Å². The second-order valence-corrected chi connectivity index (χ2v) is 10.6. The van der Waals surface area contributed by atoms with Gasteiger partial charge in [-0.3, -0.25) is 9.69 Å². The van der Waals surface area contributed by atoms with Gasteiger partial charge in [0.1, 0.15) is 11.6 Å². The zero-order chi connectivity index (χ0) is 23.6. The molecule has 0 N–H and O–H groups in total. The van der Waals surface area contributed by atoms with Crippen molar-refractivity contribution in [2.75, 3.05) is 50.7 Å². The summed E-state index contributed by atoms with van der Waals surface area (Å²) in [5, 5.41) is 0. The summed E-state index contributed by atoms with van der Waals surface area (Å²) >= 11 is 0. The third-order valence-electron chi connectivity index (χ3n) is 6.63. The maximum Gasteiger partial charge on any atom is 0.241 e. The normalized spacial score (nSPS) is 20.4. The average Bonchev–Trinajstić information content (AvgIpc) is 2.94. The van der Waals surface area contributed by atoms with Crippen molar-refractivity contribution in [3.05, 3.63) is 65.2 Å². The summed E-state index contributed by atoms with van der Waals surface area (Å²) in [5.74, 6) is -0.584. The first-order chi connectivity index (χ1) is 15.7. The number of halogens is 2. The summed E-state index contributed by atoms with van der Waals surface area (Å²) in [7, 11) is 0. The Kier molecular flexibility index (Phi) is 7.15. The largest absolute Gasteiger partial charge is 0.311 e. The zero-order valence-corrected chi connectivity index (χ0v) is 20.0. The van der Waals surface area contributed by atoms with Gasteiger partial charge in [0, 0.05) is 45.2 Å². The van der Waals surface area contributed by atoms with Crippen LogP contribution in [0.15, 0.2) is 42.5 Å². The second-order valence-electron chi connectivity index (χ2n) is 10.6. The standard InChI is InChI=1S/C27H35F2N3O/c1-27(2,3)19-31-15-13-30(14-16-31)18-26(33)32-12-4-5-23(20-6-8-21(28)9-7-20)24-11-10-22(29)17-25(24)32/h6-11,17,23H,4-5,12-16,18-19H2,1-3H3. The summed E-state index contributed by atoms with van der Waals surface area (Å²) in [6, 6.07) is 11.2. The van der Waals surface area contributed by atoms with Crippen LogP contribution in [0.5, 0.6) is 0 Å². The van der Waals surface area contributed by atoms with Crippen molar-refractivity contribution in [2.45, 2.75) is 39.5 Å². The number of fused-ring (bicyclic) bond motifs is 1. The van der Waals surface area contributed by atoms with Crippen LogP contribution in [0.3, 0.4) is 0 Å². The molecule has 2 heterocycles. The lowest BCUT2D eigenvalue weighted by molar-refractivity contribution is -0.120. The summed E-state index contributed by atoms with van der Waals surface area (Å²) in [6.45, 7) is 12.4. The Hall–Kier alpha value is -2.31. The minimum Gasteiger partial charge on any atom is -0.311 e. The van der Waals surface area contributed by atoms with Gasteiger partial charge in [0.05, 0.1) is 12.2 Å². The summed E-state index contributed by atoms with van der Waals surface area (Å²) in [4.78, 5) is 19.8. The van der Waals surface area contributed by atoms with Crippen molar-refractivity contribution in [1.82, 2.24) is 9.80 Å². The summed E-state index contributed by atoms with van der Waals surface area (Å²) in [6.07, 6.45) is 1.64. The van der Waals surface area contributed by atoms with Crippen molar-refractivity contribution < 1.29 is 13.6 Å². The number of benzene rings is 2. The average molecular weight is 456 g/mol. The van der Waals surface area contributed by atoms with Gasteiger partial charge < -0.3 is 9.80 Å². The molecule has 33 heavy (non-hydrogen) atoms. The van der Waals surface area contributed by atoms with Gasteiger partial charge in [-0.15, -0.1) is 0 Å². The molecule has 0 spiro atoms. The highest BCUT2D eigenvalue weighted by Gasteiger charge is 2.30. The molecule has 0 radical (unpaired) electrons. The van der Waals surface area contributed by atoms with Gasteiger partial charge in [-0.25, -0.2) is 8.78 Å². The number of carbonyl (C=O) groups excluding carboxylic acids is 1. The third kappa shape index (κ3) is 5.98. The van der Waals surface area contributed by atoms with Crippen molar-refractivity contribution in [2.24, 2.45) is 5.41 Å². The minimum atomic E-state index is -0.345. The van der Waals surface area contributed by atoms with E-state index in [-0.39, 0.29) is 28.9 Å². The third-order valence-corrected chi connectivity index (χ3v) is 6.63. The van der Waals surface area contributed by atoms with Crippen LogP contribution in [0.2, 0.25) is 0 Å². The van der Waals surface area contributed by atoms with E-state index < -0.39 is 0 Å². The molecule has 6 heteroatoms. The van der Waals surface area contributed by atoms with Crippen LogP contribution in [-0.4, -0.2) is 61.5 Å². The molecule has 0 saturated carbocycles. The van der Waals surface area contributed by atoms with E-state index in [1.54, 1.807) is 23.1 Å². The predicted molar refractivity (Wildman–Crippen MR) is 129 cm³/mol. The minimum absolute atomic E-state index is 0.0138. The molecule has 2 aromatic rings. The topological polar surface area (TPSA) is 26.8 Å². The molecule has 178 valence electrons. The second kappa shape index (κ2) is 9.90. The van der Waals surface area contributed by atoms with E-state index in [1.165, 1.54) is 24.3 Å². The first-order valence-corrected chi connectivity index (χ1v) is 12.0. The van der Waals surface area contributed by atoms with E-state index in [2.05, 4.69) is 30.6 Å². The first kappa shape index (κ1) is 23.8. The monoisotopic (exact) mass is 455 g/mol. The van der Waals surface area contributed by atoms with Gasteiger partial charge in [-0.2, -0.15) is 0 Å². The summed E-state index contributed by atoms with van der Waals surface area (Å²) < 4.78 is 27.7. The maximum atomic E-state index is 14.3. The van der Waals surface area contributed by atoms with Crippen LogP contribution in [0.1, 0.15) is 50.7 Å². The Morgan fingerprint density at radius 2 is 1.55 bits per heavy atom. The fourth-order valence-corrected chi connectivity index (χ4v) is 5.13. The van der Waals surface area contributed by atoms with Crippen LogP contribution in [0, 0.1) is 17.0 Å². The van der Waals surface area contributed by atoms with E-state index in [1.807, 2.05) is 0 Å². The lowest BCUT2D eigenvalue weighted by Gasteiger charge is -2.38. The lowest BCUT2D eigenvalue weighted by Crippen LogP contribution is -2.51. The molecule has 0 aliphatic carbocycles. The fourth-order valence-electron chi connectivity index (χ4n) is 5.13. The lowest BCUT2D eigenvalue weighted by atomic mass is 9.87. The summed E-state index contributed by atoms with van der Waals surface area (Å²) in [5.41, 5.74) is 2.84. The SMILES string of the molecule is CC(C)(C)CN1CCN(CC(=O)N2CCCC(c3ccc(F)cc3)c3ccc(F)cc32)CC1. The molecule has 2 aliphatic heterocycles. The molecule has 0 bridgehead atoms. The van der Waals surface area contributed by atoms with Crippen molar-refractivity contribution in [1.29, 1.82) is 0 Å². The number of rotatable bonds is 4. The van der Waals surface area contributed by atoms with E-state index in [9.17, 15) is 13.6 Å². The molecule has 1 fully saturated rings. The van der Waals surface area contributed by atoms with Gasteiger partial charge in [-0.05, 0) is 53.6 Å². The number of anilines is 1. The van der Waals surface area contributed by atoms with Gasteiger partial charge in [0.15, 0.2) is 0 Å². The molecule has 1 atom stereocenters. The highest BCUT2D eigenvalue weighted by Crippen LogP contribution is 2.39. The number of amides is 1. The van der Waals surface area contributed by atoms with Crippen LogP contribution in [0.25, 0.3) is 0 Å². The molecule has 4 nitrogen and oxygen atoms in total. The molecule has 1 saturated heterocycles. The Morgan fingerprint density at radius 1 is 0.909 bits per heavy atom. The van der Waals surface area contributed by atoms with Crippen molar-refractivity contribution >= 4 is 11.6 Å². The molecule has 0 aromatic heterocycles. The van der Waals surface area contributed by atoms with Crippen molar-refractivity contribution in [3.63, 3.8) is 0 Å². The number of piperazine rings is 1. The van der Waals surface area contributed by atoms with E-state index in [4.69, 9.17) is 0 Å². The van der Waals surface area contributed by atoms with Crippen LogP contribution < -0.4 is 4.90 Å². The maximum absolute atomic E-state index is 14.3. The molecule has 1 amide bonds. The van der Waals surface area contributed by atoms with E-state index in [0.717, 1.165) is 56.7 Å². The van der Waals surface area contributed by atoms with Crippen LogP contribution in [0.4, 0.5) is 14.5 Å². The van der Waals surface area contributed by atoms with E-state index >= 15 is 0 Å². The molecular formula is C27H35F2N3O. The zero-order valence-electron chi connectivity index (χ0n) is 20.0. The number of hydrogen-bond acceptors (Lipinski definition) is 3. The Morgan fingerprint density at radius 3 is 2.21 bits per heavy atom. The fraction of sp³-hybridized carbons (Fsp3) is 0.519. The molecule has 1 unspecified atom stereocenters. The number of nitrogens with zero attached hydrogens (tertiary/aromatic N) is 3. The van der Waals surface area contributed by atoms with Gasteiger partial charge in [0.2, 0.25) is 5.91 Å². The molecule has 2 aromatic carbocycles. The van der Waals surface area contributed by atoms with Gasteiger partial charge in [-0.1, -0.05) is 39.0 Å². The van der Waals surface area contributed by atoms with Crippen LogP contribution >= 0.6 is 0 Å². The highest BCUT2D eigenvalue weighted by atomic mass is 19.1. The van der Waals surface area contributed by atoms with E-state index in [0.29, 0.717) is 18.8 Å². The Balaban J connectivity index is 1.49. The number of carbonyl (C=O) groups is 1. The van der Waals surface area contributed by atoms with Crippen molar-refractivity contribution in [3.8, 4) is 0 Å². The highest BCUT2D eigenvalue weighted by molar-refractivity contribution is 5.96. The molecule has 4 rings (SSSR count). The first-order valence-electron chi connectivity index (χ1n) is 12.0. The number of hydrogen-bond donors (Lipinski definition) is 0. The molecular weight excluding hydrogens is 420 g/mol.